The highest BCUT2D eigenvalue weighted by Gasteiger charge is 2.14. The molecular weight excluding hydrogens is 214 g/mol. The lowest BCUT2D eigenvalue weighted by atomic mass is 10.0. The Labute approximate surface area is 94.8 Å². The zero-order valence-electron chi connectivity index (χ0n) is 9.01. The van der Waals surface area contributed by atoms with Crippen molar-refractivity contribution in [1.82, 2.24) is 0 Å². The van der Waals surface area contributed by atoms with Crippen LogP contribution in [0.3, 0.4) is 0 Å². The summed E-state index contributed by atoms with van der Waals surface area (Å²) >= 11 is 5.93. The lowest BCUT2D eigenvalue weighted by molar-refractivity contribution is 0.370. The van der Waals surface area contributed by atoms with Crippen LogP contribution in [-0.4, -0.2) is 18.8 Å². The van der Waals surface area contributed by atoms with Gasteiger partial charge in [-0.3, -0.25) is 0 Å². The standard InChI is InChI=1S/C11H16ClNO2/c1-7-6-9(12)11(15-2)10(14)8(7)4-3-5-13/h6,14H,3-5,13H2,1-2H3. The highest BCUT2D eigenvalue weighted by molar-refractivity contribution is 6.32. The Balaban J connectivity index is 3.14. The summed E-state index contributed by atoms with van der Waals surface area (Å²) in [5, 5.41) is 10.4. The molecule has 0 bridgehead atoms. The first-order valence-electron chi connectivity index (χ1n) is 4.86. The zero-order chi connectivity index (χ0) is 11.4. The Hall–Kier alpha value is -0.930. The number of rotatable bonds is 4. The van der Waals surface area contributed by atoms with E-state index in [2.05, 4.69) is 0 Å². The van der Waals surface area contributed by atoms with Gasteiger partial charge in [0.15, 0.2) is 11.5 Å². The van der Waals surface area contributed by atoms with E-state index in [0.717, 1.165) is 24.0 Å². The molecule has 3 nitrogen and oxygen atoms in total. The third kappa shape index (κ3) is 2.55. The molecule has 0 heterocycles. The quantitative estimate of drug-likeness (QED) is 0.833. The van der Waals surface area contributed by atoms with Crippen molar-refractivity contribution in [2.75, 3.05) is 13.7 Å². The van der Waals surface area contributed by atoms with E-state index in [9.17, 15) is 5.11 Å². The predicted octanol–water partition coefficient (Wildman–Crippen LogP) is 2.25. The van der Waals surface area contributed by atoms with Crippen molar-refractivity contribution in [2.45, 2.75) is 19.8 Å². The van der Waals surface area contributed by atoms with Gasteiger partial charge in [0.1, 0.15) is 0 Å². The Morgan fingerprint density at radius 1 is 1.53 bits per heavy atom. The van der Waals surface area contributed by atoms with Crippen LogP contribution in [0.4, 0.5) is 0 Å². The van der Waals surface area contributed by atoms with Gasteiger partial charge in [-0.1, -0.05) is 11.6 Å². The molecule has 0 aliphatic carbocycles. The number of hydrogen-bond donors (Lipinski definition) is 2. The first kappa shape index (κ1) is 12.1. The van der Waals surface area contributed by atoms with E-state index in [1.165, 1.54) is 7.11 Å². The van der Waals surface area contributed by atoms with Crippen LogP contribution in [0.1, 0.15) is 17.5 Å². The minimum atomic E-state index is 0.135. The molecule has 0 aliphatic heterocycles. The van der Waals surface area contributed by atoms with Crippen LogP contribution in [0, 0.1) is 6.92 Å². The van der Waals surface area contributed by atoms with Crippen molar-refractivity contribution in [1.29, 1.82) is 0 Å². The smallest absolute Gasteiger partial charge is 0.179 e. The zero-order valence-corrected chi connectivity index (χ0v) is 9.77. The van der Waals surface area contributed by atoms with Crippen molar-refractivity contribution in [3.05, 3.63) is 22.2 Å². The second kappa shape index (κ2) is 5.24. The molecule has 0 radical (unpaired) electrons. The number of aromatic hydroxyl groups is 1. The molecule has 1 rings (SSSR count). The van der Waals surface area contributed by atoms with E-state index in [1.54, 1.807) is 6.07 Å². The van der Waals surface area contributed by atoms with Crippen molar-refractivity contribution in [3.8, 4) is 11.5 Å². The summed E-state index contributed by atoms with van der Waals surface area (Å²) in [4.78, 5) is 0. The van der Waals surface area contributed by atoms with Crippen LogP contribution >= 0.6 is 11.6 Å². The topological polar surface area (TPSA) is 55.5 Å². The summed E-state index contributed by atoms with van der Waals surface area (Å²) in [5.74, 6) is 0.477. The summed E-state index contributed by atoms with van der Waals surface area (Å²) < 4.78 is 5.04. The second-order valence-electron chi connectivity index (χ2n) is 3.43. The molecular formula is C11H16ClNO2. The number of phenols is 1. The van der Waals surface area contributed by atoms with E-state index in [4.69, 9.17) is 22.1 Å². The minimum Gasteiger partial charge on any atom is -0.504 e. The molecule has 0 spiro atoms. The molecule has 0 atom stereocenters. The van der Waals surface area contributed by atoms with Crippen LogP contribution in [0.25, 0.3) is 0 Å². The number of methoxy groups -OCH3 is 1. The van der Waals surface area contributed by atoms with Crippen LogP contribution < -0.4 is 10.5 Å². The van der Waals surface area contributed by atoms with Gasteiger partial charge in [-0.15, -0.1) is 0 Å². The number of benzene rings is 1. The third-order valence-corrected chi connectivity index (χ3v) is 2.65. The van der Waals surface area contributed by atoms with Gasteiger partial charge in [0, 0.05) is 5.56 Å². The van der Waals surface area contributed by atoms with Gasteiger partial charge in [0.2, 0.25) is 0 Å². The number of halogens is 1. The number of aryl methyl sites for hydroxylation is 1. The SMILES string of the molecule is COc1c(Cl)cc(C)c(CCCN)c1O. The summed E-state index contributed by atoms with van der Waals surface area (Å²) in [6.07, 6.45) is 1.57. The Kier molecular flexibility index (Phi) is 4.24. The van der Waals surface area contributed by atoms with Crippen molar-refractivity contribution in [2.24, 2.45) is 5.73 Å². The number of phenolic OH excluding ortho intramolecular Hbond substituents is 1. The number of ether oxygens (including phenoxy) is 1. The van der Waals surface area contributed by atoms with Crippen LogP contribution in [-0.2, 0) is 6.42 Å². The van der Waals surface area contributed by atoms with Crippen molar-refractivity contribution in [3.63, 3.8) is 0 Å². The van der Waals surface area contributed by atoms with Gasteiger partial charge >= 0.3 is 0 Å². The molecule has 0 saturated heterocycles. The van der Waals surface area contributed by atoms with Gasteiger partial charge in [-0.05, 0) is 37.9 Å². The molecule has 84 valence electrons. The maximum absolute atomic E-state index is 9.93. The summed E-state index contributed by atoms with van der Waals surface area (Å²) in [7, 11) is 1.49. The van der Waals surface area contributed by atoms with Gasteiger partial charge < -0.3 is 15.6 Å². The average molecular weight is 230 g/mol. The van der Waals surface area contributed by atoms with Gasteiger partial charge in [-0.2, -0.15) is 0 Å². The van der Waals surface area contributed by atoms with Crippen LogP contribution in [0.5, 0.6) is 11.5 Å². The molecule has 3 N–H and O–H groups in total. The summed E-state index contributed by atoms with van der Waals surface area (Å²) in [6, 6.07) is 1.80. The van der Waals surface area contributed by atoms with Gasteiger partial charge in [0.25, 0.3) is 0 Å². The third-order valence-electron chi connectivity index (χ3n) is 2.37. The number of nitrogens with two attached hydrogens (primary N) is 1. The van der Waals surface area contributed by atoms with E-state index in [1.807, 2.05) is 6.92 Å². The molecule has 0 amide bonds. The molecule has 0 aliphatic rings. The van der Waals surface area contributed by atoms with Crippen LogP contribution in [0.15, 0.2) is 6.07 Å². The molecule has 1 aromatic rings. The van der Waals surface area contributed by atoms with E-state index < -0.39 is 0 Å². The van der Waals surface area contributed by atoms with Gasteiger partial charge in [-0.25, -0.2) is 0 Å². The highest BCUT2D eigenvalue weighted by atomic mass is 35.5. The van der Waals surface area contributed by atoms with E-state index in [0.29, 0.717) is 17.3 Å². The largest absolute Gasteiger partial charge is 0.504 e. The highest BCUT2D eigenvalue weighted by Crippen LogP contribution is 2.39. The second-order valence-corrected chi connectivity index (χ2v) is 3.84. The Morgan fingerprint density at radius 2 is 2.20 bits per heavy atom. The molecule has 0 unspecified atom stereocenters. The fourth-order valence-corrected chi connectivity index (χ4v) is 1.90. The Bertz CT molecular complexity index is 353. The maximum Gasteiger partial charge on any atom is 0.179 e. The first-order valence-corrected chi connectivity index (χ1v) is 5.24. The van der Waals surface area contributed by atoms with Crippen LogP contribution in [0.2, 0.25) is 5.02 Å². The van der Waals surface area contributed by atoms with E-state index in [-0.39, 0.29) is 5.75 Å². The normalized spacial score (nSPS) is 10.4. The molecule has 1 aromatic carbocycles. The molecule has 0 aromatic heterocycles. The molecule has 0 saturated carbocycles. The minimum absolute atomic E-state index is 0.135. The Morgan fingerprint density at radius 3 is 2.73 bits per heavy atom. The van der Waals surface area contributed by atoms with E-state index >= 15 is 0 Å². The molecule has 15 heavy (non-hydrogen) atoms. The lowest BCUT2D eigenvalue weighted by Gasteiger charge is -2.13. The summed E-state index contributed by atoms with van der Waals surface area (Å²) in [5.41, 5.74) is 7.27. The maximum atomic E-state index is 9.93. The lowest BCUT2D eigenvalue weighted by Crippen LogP contribution is -2.02. The number of hydrogen-bond acceptors (Lipinski definition) is 3. The molecule has 0 fully saturated rings. The fraction of sp³-hybridized carbons (Fsp3) is 0.455. The molecule has 4 heteroatoms. The monoisotopic (exact) mass is 229 g/mol. The van der Waals surface area contributed by atoms with Crippen molar-refractivity contribution >= 4 is 11.6 Å². The van der Waals surface area contributed by atoms with Gasteiger partial charge in [0.05, 0.1) is 12.1 Å². The summed E-state index contributed by atoms with van der Waals surface area (Å²) in [6.45, 7) is 2.51. The predicted molar refractivity (Wildman–Crippen MR) is 61.8 cm³/mol. The van der Waals surface area contributed by atoms with Crippen molar-refractivity contribution < 1.29 is 9.84 Å². The average Bonchev–Trinajstić information content (AvgIpc) is 2.17. The first-order chi connectivity index (χ1) is 7.11. The fourth-order valence-electron chi connectivity index (χ4n) is 1.57.